The minimum Gasteiger partial charge on any atom is -0.389 e. The Morgan fingerprint density at radius 1 is 1.37 bits per heavy atom. The van der Waals surface area contributed by atoms with E-state index in [-0.39, 0.29) is 5.91 Å². The predicted octanol–water partition coefficient (Wildman–Crippen LogP) is 3.99. The van der Waals surface area contributed by atoms with Gasteiger partial charge in [0, 0.05) is 16.5 Å². The molecule has 1 rings (SSSR count). The van der Waals surface area contributed by atoms with Crippen LogP contribution in [0.5, 0.6) is 0 Å². The van der Waals surface area contributed by atoms with Gasteiger partial charge in [-0.1, -0.05) is 38.4 Å². The van der Waals surface area contributed by atoms with Crippen LogP contribution in [0.4, 0.5) is 5.69 Å². The first-order valence-electron chi connectivity index (χ1n) is 6.43. The number of carbonyl (C=O) groups is 1. The third kappa shape index (κ3) is 5.70. The first-order chi connectivity index (χ1) is 9.04. The van der Waals surface area contributed by atoms with Crippen molar-refractivity contribution >= 4 is 44.7 Å². The molecular formula is C14H19BrN2OS. The molecule has 0 aromatic heterocycles. The number of amides is 1. The van der Waals surface area contributed by atoms with Crippen LogP contribution < -0.4 is 11.1 Å². The van der Waals surface area contributed by atoms with E-state index in [1.54, 1.807) is 6.07 Å². The fraction of sp³-hybridized carbons (Fsp3) is 0.429. The van der Waals surface area contributed by atoms with Gasteiger partial charge in [0.2, 0.25) is 5.91 Å². The monoisotopic (exact) mass is 342 g/mol. The van der Waals surface area contributed by atoms with Crippen molar-refractivity contribution in [3.63, 3.8) is 0 Å². The zero-order chi connectivity index (χ0) is 14.3. The van der Waals surface area contributed by atoms with E-state index in [2.05, 4.69) is 28.2 Å². The highest BCUT2D eigenvalue weighted by molar-refractivity contribution is 9.10. The summed E-state index contributed by atoms with van der Waals surface area (Å²) in [6.45, 7) is 2.15. The number of nitrogens with one attached hydrogen (secondary N) is 1. The average Bonchev–Trinajstić information content (AvgIpc) is 2.37. The Balaban J connectivity index is 2.52. The lowest BCUT2D eigenvalue weighted by atomic mass is 10.1. The van der Waals surface area contributed by atoms with Crippen molar-refractivity contribution in [2.24, 2.45) is 5.73 Å². The summed E-state index contributed by atoms with van der Waals surface area (Å²) < 4.78 is 0.791. The second-order valence-corrected chi connectivity index (χ2v) is 5.71. The highest BCUT2D eigenvalue weighted by atomic mass is 79.9. The fourth-order valence-corrected chi connectivity index (χ4v) is 2.30. The van der Waals surface area contributed by atoms with Gasteiger partial charge in [0.1, 0.15) is 4.99 Å². The molecule has 3 nitrogen and oxygen atoms in total. The lowest BCUT2D eigenvalue weighted by Crippen LogP contribution is -2.13. The summed E-state index contributed by atoms with van der Waals surface area (Å²) in [5, 5.41) is 2.88. The van der Waals surface area contributed by atoms with Crippen LogP contribution in [0.1, 0.15) is 44.6 Å². The second-order valence-electron chi connectivity index (χ2n) is 4.42. The Kier molecular flexibility index (Phi) is 7.02. The predicted molar refractivity (Wildman–Crippen MR) is 87.4 cm³/mol. The van der Waals surface area contributed by atoms with Gasteiger partial charge in [-0.3, -0.25) is 4.79 Å². The number of unbranched alkanes of at least 4 members (excludes halogenated alkanes) is 3. The number of nitrogens with two attached hydrogens (primary N) is 1. The van der Waals surface area contributed by atoms with Gasteiger partial charge in [0.25, 0.3) is 0 Å². The van der Waals surface area contributed by atoms with Crippen LogP contribution in [-0.4, -0.2) is 10.9 Å². The average molecular weight is 343 g/mol. The van der Waals surface area contributed by atoms with E-state index in [4.69, 9.17) is 18.0 Å². The van der Waals surface area contributed by atoms with Crippen molar-refractivity contribution in [2.75, 3.05) is 5.32 Å². The Bertz CT molecular complexity index is 463. The Morgan fingerprint density at radius 2 is 2.11 bits per heavy atom. The molecule has 0 spiro atoms. The first kappa shape index (κ1) is 16.1. The maximum absolute atomic E-state index is 11.8. The Labute approximate surface area is 128 Å². The lowest BCUT2D eigenvalue weighted by molar-refractivity contribution is -0.116. The van der Waals surface area contributed by atoms with Crippen LogP contribution in [0.2, 0.25) is 0 Å². The molecule has 104 valence electrons. The third-order valence-electron chi connectivity index (χ3n) is 2.79. The maximum atomic E-state index is 11.8. The number of thiocarbonyl (C=S) groups is 1. The Hall–Kier alpha value is -0.940. The van der Waals surface area contributed by atoms with Crippen molar-refractivity contribution in [1.29, 1.82) is 0 Å². The quantitative estimate of drug-likeness (QED) is 0.581. The van der Waals surface area contributed by atoms with Gasteiger partial charge >= 0.3 is 0 Å². The normalized spacial score (nSPS) is 10.2. The molecule has 3 N–H and O–H groups in total. The molecule has 0 saturated heterocycles. The number of anilines is 1. The number of carbonyl (C=O) groups excluding carboxylic acids is 1. The van der Waals surface area contributed by atoms with E-state index < -0.39 is 0 Å². The second kappa shape index (κ2) is 8.27. The van der Waals surface area contributed by atoms with Crippen molar-refractivity contribution in [2.45, 2.75) is 39.0 Å². The number of hydrogen-bond acceptors (Lipinski definition) is 2. The van der Waals surface area contributed by atoms with Crippen LogP contribution >= 0.6 is 28.1 Å². The number of benzene rings is 1. The van der Waals surface area contributed by atoms with Gasteiger partial charge in [0.15, 0.2) is 0 Å². The van der Waals surface area contributed by atoms with Gasteiger partial charge in [-0.15, -0.1) is 0 Å². The summed E-state index contributed by atoms with van der Waals surface area (Å²) >= 11 is 8.31. The highest BCUT2D eigenvalue weighted by Crippen LogP contribution is 2.24. The fourth-order valence-electron chi connectivity index (χ4n) is 1.69. The molecule has 0 radical (unpaired) electrons. The summed E-state index contributed by atoms with van der Waals surface area (Å²) in [6.07, 6.45) is 4.95. The minimum absolute atomic E-state index is 0.0416. The number of rotatable bonds is 7. The Morgan fingerprint density at radius 3 is 2.68 bits per heavy atom. The van der Waals surface area contributed by atoms with Crippen LogP contribution in [0.25, 0.3) is 0 Å². The molecule has 0 saturated carbocycles. The van der Waals surface area contributed by atoms with E-state index in [0.717, 1.165) is 28.6 Å². The molecule has 5 heteroatoms. The van der Waals surface area contributed by atoms with Gasteiger partial charge in [0.05, 0.1) is 5.69 Å². The van der Waals surface area contributed by atoms with Gasteiger partial charge in [-0.2, -0.15) is 0 Å². The number of halogens is 1. The van der Waals surface area contributed by atoms with E-state index >= 15 is 0 Å². The number of hydrogen-bond donors (Lipinski definition) is 2. The summed E-state index contributed by atoms with van der Waals surface area (Å²) in [5.74, 6) is 0.0416. The molecule has 0 aliphatic rings. The summed E-state index contributed by atoms with van der Waals surface area (Å²) in [6, 6.07) is 5.43. The molecule has 0 aliphatic carbocycles. The van der Waals surface area contributed by atoms with Crippen molar-refractivity contribution in [1.82, 2.24) is 0 Å². The minimum atomic E-state index is 0.0416. The van der Waals surface area contributed by atoms with E-state index in [1.165, 1.54) is 12.8 Å². The molecular weight excluding hydrogens is 324 g/mol. The largest absolute Gasteiger partial charge is 0.389 e. The van der Waals surface area contributed by atoms with Crippen molar-refractivity contribution in [3.05, 3.63) is 28.2 Å². The molecule has 0 fully saturated rings. The highest BCUT2D eigenvalue weighted by Gasteiger charge is 2.07. The third-order valence-corrected chi connectivity index (χ3v) is 3.68. The zero-order valence-electron chi connectivity index (χ0n) is 11.0. The van der Waals surface area contributed by atoms with Crippen LogP contribution in [0.15, 0.2) is 22.7 Å². The molecule has 0 atom stereocenters. The molecule has 0 heterocycles. The first-order valence-corrected chi connectivity index (χ1v) is 7.64. The standard InChI is InChI=1S/C14H19BrN2OS/c1-2-3-4-5-6-13(18)17-12-8-7-10(14(16)19)9-11(12)15/h7-9H,2-6H2,1H3,(H2,16,19)(H,17,18). The summed E-state index contributed by atoms with van der Waals surface area (Å²) in [7, 11) is 0. The summed E-state index contributed by atoms with van der Waals surface area (Å²) in [5.41, 5.74) is 7.08. The van der Waals surface area contributed by atoms with E-state index in [9.17, 15) is 4.79 Å². The maximum Gasteiger partial charge on any atom is 0.224 e. The molecule has 0 aliphatic heterocycles. The SMILES string of the molecule is CCCCCCC(=O)Nc1ccc(C(N)=S)cc1Br. The molecule has 1 aromatic rings. The van der Waals surface area contributed by atoms with Crippen molar-refractivity contribution in [3.8, 4) is 0 Å². The van der Waals surface area contributed by atoms with Crippen LogP contribution in [0.3, 0.4) is 0 Å². The molecule has 1 aromatic carbocycles. The summed E-state index contributed by atoms with van der Waals surface area (Å²) in [4.78, 5) is 12.1. The lowest BCUT2D eigenvalue weighted by Gasteiger charge is -2.08. The smallest absolute Gasteiger partial charge is 0.224 e. The van der Waals surface area contributed by atoms with Gasteiger partial charge in [-0.05, 0) is 40.5 Å². The van der Waals surface area contributed by atoms with Crippen LogP contribution in [-0.2, 0) is 4.79 Å². The molecule has 0 bridgehead atoms. The van der Waals surface area contributed by atoms with Gasteiger partial charge < -0.3 is 11.1 Å². The molecule has 19 heavy (non-hydrogen) atoms. The molecule has 1 amide bonds. The van der Waals surface area contributed by atoms with E-state index in [0.29, 0.717) is 11.4 Å². The molecule has 0 unspecified atom stereocenters. The van der Waals surface area contributed by atoms with E-state index in [1.807, 2.05) is 12.1 Å². The zero-order valence-corrected chi connectivity index (χ0v) is 13.4. The van der Waals surface area contributed by atoms with Crippen molar-refractivity contribution < 1.29 is 4.79 Å². The van der Waals surface area contributed by atoms with Crippen LogP contribution in [0, 0.1) is 0 Å². The topological polar surface area (TPSA) is 55.1 Å². The van der Waals surface area contributed by atoms with Gasteiger partial charge in [-0.25, -0.2) is 0 Å².